The van der Waals surface area contributed by atoms with Crippen molar-refractivity contribution >= 4 is 17.9 Å². The van der Waals surface area contributed by atoms with Gasteiger partial charge >= 0.3 is 12.0 Å². The summed E-state index contributed by atoms with van der Waals surface area (Å²) >= 11 is 0. The average Bonchev–Trinajstić information content (AvgIpc) is 2.50. The van der Waals surface area contributed by atoms with Gasteiger partial charge in [0.1, 0.15) is 0 Å². The molecule has 4 N–H and O–H groups in total. The summed E-state index contributed by atoms with van der Waals surface area (Å²) in [5.41, 5.74) is 0. The number of carbonyl (C=O) groups excluding carboxylic acids is 2. The molecule has 0 aromatic heterocycles. The molecule has 0 bridgehead atoms. The van der Waals surface area contributed by atoms with E-state index in [4.69, 9.17) is 10.2 Å². The number of carboxylic acids is 1. The highest BCUT2D eigenvalue weighted by atomic mass is 16.4. The fraction of sp³-hybridized carbons (Fsp3) is 0.667. The molecule has 0 spiro atoms. The molecular weight excluding hydrogens is 230 g/mol. The number of amides is 3. The molecule has 0 aromatic rings. The number of carboxylic acid groups (broad SMARTS) is 1. The van der Waals surface area contributed by atoms with E-state index in [2.05, 4.69) is 10.6 Å². The molecule has 17 heavy (non-hydrogen) atoms. The lowest BCUT2D eigenvalue weighted by Gasteiger charge is -2.22. The van der Waals surface area contributed by atoms with Crippen molar-refractivity contribution in [3.05, 3.63) is 0 Å². The first-order valence-electron chi connectivity index (χ1n) is 5.20. The lowest BCUT2D eigenvalue weighted by atomic mass is 10.3. The van der Waals surface area contributed by atoms with Crippen molar-refractivity contribution in [2.24, 2.45) is 0 Å². The van der Waals surface area contributed by atoms with Crippen LogP contribution in [0.25, 0.3) is 0 Å². The van der Waals surface area contributed by atoms with Gasteiger partial charge in [-0.1, -0.05) is 0 Å². The van der Waals surface area contributed by atoms with Crippen LogP contribution in [0.3, 0.4) is 0 Å². The Bertz CT molecular complexity index is 320. The molecule has 1 rings (SSSR count). The monoisotopic (exact) mass is 245 g/mol. The van der Waals surface area contributed by atoms with Crippen LogP contribution in [0.15, 0.2) is 0 Å². The predicted octanol–water partition coefficient (Wildman–Crippen LogP) is -2.04. The minimum Gasteiger partial charge on any atom is -0.480 e. The second-order valence-corrected chi connectivity index (χ2v) is 3.61. The molecule has 1 aliphatic heterocycles. The maximum Gasteiger partial charge on any atom is 0.328 e. The van der Waals surface area contributed by atoms with E-state index in [0.29, 0.717) is 13.1 Å². The minimum absolute atomic E-state index is 0.141. The van der Waals surface area contributed by atoms with E-state index in [-0.39, 0.29) is 18.9 Å². The predicted molar refractivity (Wildman–Crippen MR) is 56.2 cm³/mol. The zero-order chi connectivity index (χ0) is 12.8. The van der Waals surface area contributed by atoms with E-state index in [1.165, 1.54) is 4.90 Å². The van der Waals surface area contributed by atoms with Crippen LogP contribution in [0, 0.1) is 0 Å². The molecule has 1 saturated heterocycles. The van der Waals surface area contributed by atoms with Gasteiger partial charge in [-0.2, -0.15) is 0 Å². The number of hydrogen-bond donors (Lipinski definition) is 4. The van der Waals surface area contributed by atoms with Gasteiger partial charge in [0.25, 0.3) is 0 Å². The molecular formula is C9H15N3O5. The minimum atomic E-state index is -1.32. The Labute approximate surface area is 97.6 Å². The SMILES string of the molecule is O=C1CCN(C(=O)N[C@@H](CO)C(=O)O)CCN1. The third-order valence-electron chi connectivity index (χ3n) is 2.38. The molecule has 0 unspecified atom stereocenters. The van der Waals surface area contributed by atoms with E-state index in [1.54, 1.807) is 0 Å². The molecule has 0 saturated carbocycles. The second-order valence-electron chi connectivity index (χ2n) is 3.61. The highest BCUT2D eigenvalue weighted by Crippen LogP contribution is 1.98. The van der Waals surface area contributed by atoms with E-state index in [9.17, 15) is 14.4 Å². The second kappa shape index (κ2) is 6.04. The summed E-state index contributed by atoms with van der Waals surface area (Å²) in [6, 6.07) is -1.92. The van der Waals surface area contributed by atoms with Crippen molar-refractivity contribution < 1.29 is 24.6 Å². The first kappa shape index (κ1) is 13.2. The standard InChI is InChI=1S/C9H15N3O5/c13-5-6(8(15)16)11-9(17)12-3-1-7(14)10-2-4-12/h6,13H,1-5H2,(H,10,14)(H,11,17)(H,15,16)/t6-/m0/s1. The molecule has 8 heteroatoms. The number of hydrogen-bond acceptors (Lipinski definition) is 4. The number of aliphatic hydroxyl groups excluding tert-OH is 1. The Kier molecular flexibility index (Phi) is 4.70. The summed E-state index contributed by atoms with van der Waals surface area (Å²) in [5.74, 6) is -1.44. The van der Waals surface area contributed by atoms with Gasteiger partial charge in [0.15, 0.2) is 6.04 Å². The smallest absolute Gasteiger partial charge is 0.328 e. The summed E-state index contributed by atoms with van der Waals surface area (Å²) in [6.07, 6.45) is 0.185. The third-order valence-corrected chi connectivity index (χ3v) is 2.38. The molecule has 3 amide bonds. The van der Waals surface area contributed by atoms with Gasteiger partial charge in [-0.05, 0) is 0 Å². The summed E-state index contributed by atoms with van der Waals surface area (Å²) in [5, 5.41) is 22.2. The van der Waals surface area contributed by atoms with Crippen molar-refractivity contribution in [2.45, 2.75) is 12.5 Å². The normalized spacial score (nSPS) is 17.9. The number of aliphatic carboxylic acids is 1. The van der Waals surface area contributed by atoms with Gasteiger partial charge in [0.05, 0.1) is 6.61 Å². The summed E-state index contributed by atoms with van der Waals surface area (Å²) in [6.45, 7) is 0.208. The Morgan fingerprint density at radius 2 is 2.18 bits per heavy atom. The van der Waals surface area contributed by atoms with E-state index in [0.717, 1.165) is 0 Å². The molecule has 1 fully saturated rings. The van der Waals surface area contributed by atoms with Crippen LogP contribution in [-0.2, 0) is 9.59 Å². The van der Waals surface area contributed by atoms with Crippen molar-refractivity contribution in [3.63, 3.8) is 0 Å². The highest BCUT2D eigenvalue weighted by Gasteiger charge is 2.23. The lowest BCUT2D eigenvalue weighted by molar-refractivity contribution is -0.140. The fourth-order valence-corrected chi connectivity index (χ4v) is 1.40. The number of aliphatic hydroxyl groups is 1. The molecule has 1 heterocycles. The Balaban J connectivity index is 2.51. The topological polar surface area (TPSA) is 119 Å². The van der Waals surface area contributed by atoms with Gasteiger partial charge in [0, 0.05) is 26.1 Å². The van der Waals surface area contributed by atoms with Crippen molar-refractivity contribution in [3.8, 4) is 0 Å². The van der Waals surface area contributed by atoms with Crippen LogP contribution >= 0.6 is 0 Å². The third kappa shape index (κ3) is 3.91. The van der Waals surface area contributed by atoms with E-state index < -0.39 is 24.6 Å². The summed E-state index contributed by atoms with van der Waals surface area (Å²) in [7, 11) is 0. The van der Waals surface area contributed by atoms with Gasteiger partial charge in [0.2, 0.25) is 5.91 Å². The number of urea groups is 1. The molecule has 1 atom stereocenters. The van der Waals surface area contributed by atoms with Gasteiger partial charge in [-0.3, -0.25) is 4.79 Å². The van der Waals surface area contributed by atoms with Crippen molar-refractivity contribution in [2.75, 3.05) is 26.2 Å². The van der Waals surface area contributed by atoms with Gasteiger partial charge in [-0.15, -0.1) is 0 Å². The van der Waals surface area contributed by atoms with Crippen molar-refractivity contribution in [1.82, 2.24) is 15.5 Å². The number of carbonyl (C=O) groups is 3. The van der Waals surface area contributed by atoms with Gasteiger partial charge in [-0.25, -0.2) is 9.59 Å². The molecule has 8 nitrogen and oxygen atoms in total. The van der Waals surface area contributed by atoms with Crippen LogP contribution in [0.1, 0.15) is 6.42 Å². The maximum atomic E-state index is 11.6. The largest absolute Gasteiger partial charge is 0.480 e. The maximum absolute atomic E-state index is 11.6. The zero-order valence-corrected chi connectivity index (χ0v) is 9.18. The van der Waals surface area contributed by atoms with Crippen LogP contribution in [-0.4, -0.2) is 65.3 Å². The number of rotatable bonds is 3. The first-order chi connectivity index (χ1) is 8.04. The van der Waals surface area contributed by atoms with Gasteiger partial charge < -0.3 is 25.7 Å². The van der Waals surface area contributed by atoms with Crippen molar-refractivity contribution in [1.29, 1.82) is 0 Å². The Morgan fingerprint density at radius 1 is 1.47 bits per heavy atom. The zero-order valence-electron chi connectivity index (χ0n) is 9.18. The van der Waals surface area contributed by atoms with Crippen LogP contribution in [0.2, 0.25) is 0 Å². The molecule has 96 valence electrons. The molecule has 0 aromatic carbocycles. The van der Waals surface area contributed by atoms with Crippen LogP contribution in [0.5, 0.6) is 0 Å². The van der Waals surface area contributed by atoms with Crippen LogP contribution < -0.4 is 10.6 Å². The average molecular weight is 245 g/mol. The van der Waals surface area contributed by atoms with E-state index >= 15 is 0 Å². The lowest BCUT2D eigenvalue weighted by Crippen LogP contribution is -2.50. The first-order valence-corrected chi connectivity index (χ1v) is 5.20. The van der Waals surface area contributed by atoms with E-state index in [1.807, 2.05) is 0 Å². The van der Waals surface area contributed by atoms with Crippen LogP contribution in [0.4, 0.5) is 4.79 Å². The Morgan fingerprint density at radius 3 is 2.76 bits per heavy atom. The quantitative estimate of drug-likeness (QED) is 0.457. The highest BCUT2D eigenvalue weighted by molar-refractivity contribution is 5.83. The molecule has 1 aliphatic rings. The Hall–Kier alpha value is -1.83. The molecule has 0 radical (unpaired) electrons. The molecule has 0 aliphatic carbocycles. The number of nitrogens with zero attached hydrogens (tertiary/aromatic N) is 1. The summed E-state index contributed by atoms with van der Waals surface area (Å²) < 4.78 is 0. The number of nitrogens with one attached hydrogen (secondary N) is 2. The summed E-state index contributed by atoms with van der Waals surface area (Å²) in [4.78, 5) is 34.6. The fourth-order valence-electron chi connectivity index (χ4n) is 1.40.